The van der Waals surface area contributed by atoms with Gasteiger partial charge >= 0.3 is 7.12 Å². The van der Waals surface area contributed by atoms with Crippen molar-refractivity contribution in [3.05, 3.63) is 112 Å². The molecule has 0 unspecified atom stereocenters. The summed E-state index contributed by atoms with van der Waals surface area (Å²) in [7, 11) is -0.262. The number of hydrogen-bond donors (Lipinski definition) is 4. The maximum Gasteiger partial charge on any atom is 0.475 e. The number of nitrogens with zero attached hydrogens (tertiary/aromatic N) is 1. The van der Waals surface area contributed by atoms with Gasteiger partial charge in [-0.25, -0.2) is 0 Å². The van der Waals surface area contributed by atoms with Crippen molar-refractivity contribution in [3.8, 4) is 0 Å². The van der Waals surface area contributed by atoms with Crippen LogP contribution in [0.2, 0.25) is 10.0 Å². The van der Waals surface area contributed by atoms with Crippen molar-refractivity contribution in [1.82, 2.24) is 10.6 Å². The SMILES string of the molecule is C=CC(=O)N(C)c1cccc(C[C@H](NC(=O)c2cc(Cl)ccc2Cl)C(=O)N[C@@H](Cc2ccccc2)B(O)O)c1. The number of rotatable bonds is 11. The third-order valence-electron chi connectivity index (χ3n) is 6.02. The molecule has 4 N–H and O–H groups in total. The van der Waals surface area contributed by atoms with Gasteiger partial charge in [0.25, 0.3) is 5.91 Å². The second-order valence-electron chi connectivity index (χ2n) is 8.84. The van der Waals surface area contributed by atoms with Gasteiger partial charge in [-0.2, -0.15) is 0 Å². The first-order chi connectivity index (χ1) is 18.6. The average molecular weight is 568 g/mol. The summed E-state index contributed by atoms with van der Waals surface area (Å²) < 4.78 is 0. The van der Waals surface area contributed by atoms with E-state index >= 15 is 0 Å². The largest absolute Gasteiger partial charge is 0.475 e. The molecule has 0 aromatic heterocycles. The van der Waals surface area contributed by atoms with Gasteiger partial charge in [0.15, 0.2) is 0 Å². The van der Waals surface area contributed by atoms with Crippen molar-refractivity contribution in [1.29, 1.82) is 0 Å². The Balaban J connectivity index is 1.89. The van der Waals surface area contributed by atoms with Crippen LogP contribution in [0, 0.1) is 0 Å². The first kappa shape index (κ1) is 29.9. The van der Waals surface area contributed by atoms with E-state index in [1.54, 1.807) is 55.6 Å². The molecule has 11 heteroatoms. The summed E-state index contributed by atoms with van der Waals surface area (Å²) in [5.74, 6) is -2.64. The predicted octanol–water partition coefficient (Wildman–Crippen LogP) is 3.22. The van der Waals surface area contributed by atoms with E-state index in [0.717, 1.165) is 5.56 Å². The molecule has 0 fully saturated rings. The fraction of sp³-hybridized carbons (Fsp3) is 0.179. The van der Waals surface area contributed by atoms with Crippen LogP contribution in [0.15, 0.2) is 85.5 Å². The minimum Gasteiger partial charge on any atom is -0.426 e. The van der Waals surface area contributed by atoms with Crippen LogP contribution < -0.4 is 15.5 Å². The molecule has 2 atom stereocenters. The van der Waals surface area contributed by atoms with Crippen LogP contribution in [-0.2, 0) is 22.4 Å². The number of nitrogens with one attached hydrogen (secondary N) is 2. The standard InChI is InChI=1S/C28H28BCl2N3O5/c1-3-26(35)34(2)21-11-7-10-19(14-21)15-24(32-27(36)22-17-20(30)12-13-23(22)31)28(37)33-25(29(38)39)16-18-8-5-4-6-9-18/h3-14,17,24-25,38-39H,1,15-16H2,2H3,(H,32,36)(H,33,37)/t24-,25-/m0/s1. The lowest BCUT2D eigenvalue weighted by molar-refractivity contribution is -0.123. The summed E-state index contributed by atoms with van der Waals surface area (Å²) >= 11 is 12.2. The third kappa shape index (κ3) is 8.43. The molecule has 3 aromatic rings. The first-order valence-corrected chi connectivity index (χ1v) is 12.8. The van der Waals surface area contributed by atoms with Gasteiger partial charge in [-0.1, -0.05) is 72.2 Å². The molecule has 0 heterocycles. The Labute approximate surface area is 237 Å². The van der Waals surface area contributed by atoms with Gasteiger partial charge in [-0.15, -0.1) is 0 Å². The summed E-state index contributed by atoms with van der Waals surface area (Å²) in [6, 6.07) is 19.2. The number of halogens is 2. The van der Waals surface area contributed by atoms with E-state index in [0.29, 0.717) is 16.3 Å². The smallest absolute Gasteiger partial charge is 0.426 e. The molecular weight excluding hydrogens is 540 g/mol. The second-order valence-corrected chi connectivity index (χ2v) is 9.69. The zero-order chi connectivity index (χ0) is 28.5. The summed E-state index contributed by atoms with van der Waals surface area (Å²) in [6.07, 6.45) is 1.36. The predicted molar refractivity (Wildman–Crippen MR) is 154 cm³/mol. The van der Waals surface area contributed by atoms with Gasteiger partial charge < -0.3 is 25.6 Å². The van der Waals surface area contributed by atoms with Crippen molar-refractivity contribution in [2.75, 3.05) is 11.9 Å². The zero-order valence-corrected chi connectivity index (χ0v) is 22.7. The molecule has 0 saturated heterocycles. The molecule has 0 bridgehead atoms. The monoisotopic (exact) mass is 567 g/mol. The first-order valence-electron chi connectivity index (χ1n) is 12.0. The van der Waals surface area contributed by atoms with Crippen molar-refractivity contribution in [2.24, 2.45) is 0 Å². The highest BCUT2D eigenvalue weighted by Crippen LogP contribution is 2.21. The quantitative estimate of drug-likeness (QED) is 0.209. The lowest BCUT2D eigenvalue weighted by atomic mass is 9.75. The second kappa shape index (κ2) is 14.0. The topological polar surface area (TPSA) is 119 Å². The van der Waals surface area contributed by atoms with Gasteiger partial charge in [-0.3, -0.25) is 14.4 Å². The molecule has 3 amide bonds. The van der Waals surface area contributed by atoms with Gasteiger partial charge in [0.05, 0.1) is 16.5 Å². The third-order valence-corrected chi connectivity index (χ3v) is 6.59. The highest BCUT2D eigenvalue weighted by atomic mass is 35.5. The van der Waals surface area contributed by atoms with E-state index in [9.17, 15) is 24.4 Å². The van der Waals surface area contributed by atoms with Crippen LogP contribution in [0.25, 0.3) is 0 Å². The molecule has 0 saturated carbocycles. The summed E-state index contributed by atoms with van der Waals surface area (Å²) in [5.41, 5.74) is 2.06. The number of hydrogen-bond acceptors (Lipinski definition) is 5. The molecule has 3 rings (SSSR count). The Bertz CT molecular complexity index is 1340. The van der Waals surface area contributed by atoms with Crippen LogP contribution in [0.3, 0.4) is 0 Å². The van der Waals surface area contributed by atoms with Crippen LogP contribution in [-0.4, -0.2) is 53.9 Å². The zero-order valence-electron chi connectivity index (χ0n) is 21.2. The molecule has 0 radical (unpaired) electrons. The average Bonchev–Trinajstić information content (AvgIpc) is 2.93. The number of amides is 3. The summed E-state index contributed by atoms with van der Waals surface area (Å²) in [5, 5.41) is 25.7. The van der Waals surface area contributed by atoms with Crippen molar-refractivity contribution >= 4 is 53.7 Å². The Morgan fingerprint density at radius 2 is 1.64 bits per heavy atom. The fourth-order valence-corrected chi connectivity index (χ4v) is 4.27. The summed E-state index contributed by atoms with van der Waals surface area (Å²) in [4.78, 5) is 40.1. The van der Waals surface area contributed by atoms with Crippen molar-refractivity contribution in [3.63, 3.8) is 0 Å². The van der Waals surface area contributed by atoms with Crippen LogP contribution in [0.4, 0.5) is 5.69 Å². The van der Waals surface area contributed by atoms with Crippen LogP contribution in [0.1, 0.15) is 21.5 Å². The Morgan fingerprint density at radius 3 is 2.31 bits per heavy atom. The Morgan fingerprint density at radius 1 is 0.949 bits per heavy atom. The molecule has 8 nitrogen and oxygen atoms in total. The van der Waals surface area contributed by atoms with E-state index in [1.807, 2.05) is 6.07 Å². The molecule has 3 aromatic carbocycles. The lowest BCUT2D eigenvalue weighted by Crippen LogP contribution is -2.55. The molecule has 202 valence electrons. The van der Waals surface area contributed by atoms with E-state index < -0.39 is 30.9 Å². The summed E-state index contributed by atoms with van der Waals surface area (Å²) in [6.45, 7) is 3.49. The van der Waals surface area contributed by atoms with E-state index in [4.69, 9.17) is 23.2 Å². The van der Waals surface area contributed by atoms with E-state index in [1.165, 1.54) is 29.2 Å². The lowest BCUT2D eigenvalue weighted by Gasteiger charge is -2.24. The molecule has 39 heavy (non-hydrogen) atoms. The number of carbonyl (C=O) groups excluding carboxylic acids is 3. The Kier molecular flexibility index (Phi) is 10.7. The van der Waals surface area contributed by atoms with Crippen molar-refractivity contribution < 1.29 is 24.4 Å². The minimum atomic E-state index is -1.85. The Hall–Kier alpha value is -3.63. The number of carbonyl (C=O) groups is 3. The molecule has 0 aliphatic rings. The molecular formula is C28H28BCl2N3O5. The van der Waals surface area contributed by atoms with Gasteiger partial charge in [0, 0.05) is 24.2 Å². The maximum atomic E-state index is 13.5. The number of likely N-dealkylation sites (N-methyl/N-ethyl adjacent to an activating group) is 1. The number of anilines is 1. The van der Waals surface area contributed by atoms with Crippen LogP contribution in [0.5, 0.6) is 0 Å². The highest BCUT2D eigenvalue weighted by Gasteiger charge is 2.30. The molecule has 0 spiro atoms. The maximum absolute atomic E-state index is 13.5. The van der Waals surface area contributed by atoms with Crippen LogP contribution >= 0.6 is 23.2 Å². The van der Waals surface area contributed by atoms with Gasteiger partial charge in [0.2, 0.25) is 11.8 Å². The van der Waals surface area contributed by atoms with E-state index in [-0.39, 0.29) is 29.3 Å². The van der Waals surface area contributed by atoms with Gasteiger partial charge in [-0.05, 0) is 54.0 Å². The fourth-order valence-electron chi connectivity index (χ4n) is 3.89. The highest BCUT2D eigenvalue weighted by molar-refractivity contribution is 6.43. The molecule has 0 aliphatic carbocycles. The molecule has 0 aliphatic heterocycles. The van der Waals surface area contributed by atoms with E-state index in [2.05, 4.69) is 17.2 Å². The van der Waals surface area contributed by atoms with Crippen molar-refractivity contribution in [2.45, 2.75) is 24.8 Å². The minimum absolute atomic E-state index is 0.0271. The number of benzene rings is 3. The normalized spacial score (nSPS) is 12.1. The van der Waals surface area contributed by atoms with Gasteiger partial charge in [0.1, 0.15) is 6.04 Å².